The first kappa shape index (κ1) is 14.4. The first-order valence-corrected chi connectivity index (χ1v) is 7.61. The van der Waals surface area contributed by atoms with Crippen LogP contribution in [0.1, 0.15) is 51.5 Å². The fraction of sp³-hybridized carbons (Fsp3) is 0.647. The Bertz CT molecular complexity index is 369. The van der Waals surface area contributed by atoms with E-state index in [1.54, 1.807) is 0 Å². The van der Waals surface area contributed by atoms with Crippen molar-refractivity contribution in [3.05, 3.63) is 29.8 Å². The molecule has 1 aromatic carbocycles. The van der Waals surface area contributed by atoms with Gasteiger partial charge in [0.2, 0.25) is 0 Å². The van der Waals surface area contributed by atoms with Crippen LogP contribution in [-0.4, -0.2) is 17.3 Å². The van der Waals surface area contributed by atoms with E-state index in [0.717, 1.165) is 17.2 Å². The maximum atomic E-state index is 9.36. The van der Waals surface area contributed by atoms with E-state index in [9.17, 15) is 5.11 Å². The highest BCUT2D eigenvalue weighted by molar-refractivity contribution is 5.27. The van der Waals surface area contributed by atoms with Gasteiger partial charge in [-0.2, -0.15) is 0 Å². The highest BCUT2D eigenvalue weighted by Gasteiger charge is 2.21. The Morgan fingerprint density at radius 2 is 2.00 bits per heavy atom. The zero-order valence-electron chi connectivity index (χ0n) is 12.1. The lowest BCUT2D eigenvalue weighted by Gasteiger charge is -2.29. The van der Waals surface area contributed by atoms with E-state index >= 15 is 0 Å². The van der Waals surface area contributed by atoms with Gasteiger partial charge in [-0.15, -0.1) is 0 Å². The minimum atomic E-state index is -0.282. The van der Waals surface area contributed by atoms with Crippen LogP contribution in [-0.2, 0) is 6.42 Å². The molecule has 2 rings (SSSR count). The third kappa shape index (κ3) is 4.54. The van der Waals surface area contributed by atoms with Gasteiger partial charge in [-0.1, -0.05) is 31.9 Å². The van der Waals surface area contributed by atoms with Gasteiger partial charge in [0.15, 0.2) is 0 Å². The topological polar surface area (TPSA) is 29.5 Å². The molecule has 106 valence electrons. The number of hydrogen-bond donors (Lipinski definition) is 1. The number of ether oxygens (including phenoxy) is 1. The van der Waals surface area contributed by atoms with E-state index in [2.05, 4.69) is 19.1 Å². The summed E-state index contributed by atoms with van der Waals surface area (Å²) in [6.07, 6.45) is 7.14. The average Bonchev–Trinajstić information content (AvgIpc) is 2.41. The zero-order valence-corrected chi connectivity index (χ0v) is 12.1. The van der Waals surface area contributed by atoms with E-state index in [0.29, 0.717) is 12.5 Å². The van der Waals surface area contributed by atoms with E-state index < -0.39 is 0 Å². The van der Waals surface area contributed by atoms with E-state index in [1.807, 2.05) is 19.1 Å². The van der Waals surface area contributed by atoms with Crippen LogP contribution < -0.4 is 4.74 Å². The summed E-state index contributed by atoms with van der Waals surface area (Å²) >= 11 is 0. The van der Waals surface area contributed by atoms with Crippen molar-refractivity contribution in [1.29, 1.82) is 0 Å². The summed E-state index contributed by atoms with van der Waals surface area (Å²) in [6.45, 7) is 4.09. The summed E-state index contributed by atoms with van der Waals surface area (Å²) in [5, 5.41) is 9.36. The fourth-order valence-electron chi connectivity index (χ4n) is 2.96. The third-order valence-corrected chi connectivity index (χ3v) is 4.07. The highest BCUT2D eigenvalue weighted by Crippen LogP contribution is 2.29. The van der Waals surface area contributed by atoms with Crippen LogP contribution in [0.25, 0.3) is 0 Å². The van der Waals surface area contributed by atoms with Crippen molar-refractivity contribution in [3.8, 4) is 5.75 Å². The van der Waals surface area contributed by atoms with E-state index in [1.165, 1.54) is 32.1 Å². The number of hydrogen-bond acceptors (Lipinski definition) is 2. The summed E-state index contributed by atoms with van der Waals surface area (Å²) in [4.78, 5) is 0. The quantitative estimate of drug-likeness (QED) is 0.870. The molecular formula is C17H26O2. The Labute approximate surface area is 116 Å². The largest absolute Gasteiger partial charge is 0.490 e. The van der Waals surface area contributed by atoms with Crippen molar-refractivity contribution in [2.75, 3.05) is 0 Å². The maximum absolute atomic E-state index is 9.36. The van der Waals surface area contributed by atoms with Crippen LogP contribution in [0.4, 0.5) is 0 Å². The zero-order chi connectivity index (χ0) is 13.7. The Morgan fingerprint density at radius 3 is 2.63 bits per heavy atom. The summed E-state index contributed by atoms with van der Waals surface area (Å²) in [7, 11) is 0. The number of rotatable bonds is 5. The maximum Gasteiger partial charge on any atom is 0.119 e. The van der Waals surface area contributed by atoms with Crippen molar-refractivity contribution in [1.82, 2.24) is 0 Å². The molecule has 1 fully saturated rings. The standard InChI is InChI=1S/C17H26O2/c1-3-14-5-4-6-17(12-14)19-16-9-7-15(8-10-16)11-13(2)18/h7-10,13-14,17-18H,3-6,11-12H2,1-2H3. The average molecular weight is 262 g/mol. The van der Waals surface area contributed by atoms with Crippen LogP contribution in [0.15, 0.2) is 24.3 Å². The molecule has 1 N–H and O–H groups in total. The van der Waals surface area contributed by atoms with E-state index in [-0.39, 0.29) is 6.10 Å². The SMILES string of the molecule is CCC1CCCC(Oc2ccc(CC(C)O)cc2)C1. The summed E-state index contributed by atoms with van der Waals surface area (Å²) in [5.41, 5.74) is 1.16. The van der Waals surface area contributed by atoms with Gasteiger partial charge in [-0.05, 0) is 56.2 Å². The van der Waals surface area contributed by atoms with Gasteiger partial charge in [-0.25, -0.2) is 0 Å². The highest BCUT2D eigenvalue weighted by atomic mass is 16.5. The normalized spacial score (nSPS) is 25.0. The van der Waals surface area contributed by atoms with Crippen LogP contribution in [0.3, 0.4) is 0 Å². The Kier molecular flexibility index (Phi) is 5.26. The Hall–Kier alpha value is -1.02. The van der Waals surface area contributed by atoms with Gasteiger partial charge in [0.05, 0.1) is 12.2 Å². The molecule has 1 aliphatic carbocycles. The molecule has 2 nitrogen and oxygen atoms in total. The number of benzene rings is 1. The fourth-order valence-corrected chi connectivity index (χ4v) is 2.96. The molecule has 0 heterocycles. The van der Waals surface area contributed by atoms with Crippen molar-refractivity contribution < 1.29 is 9.84 Å². The first-order chi connectivity index (χ1) is 9.17. The lowest BCUT2D eigenvalue weighted by Crippen LogP contribution is -2.25. The molecule has 3 unspecified atom stereocenters. The lowest BCUT2D eigenvalue weighted by molar-refractivity contribution is 0.122. The first-order valence-electron chi connectivity index (χ1n) is 7.61. The van der Waals surface area contributed by atoms with Crippen LogP contribution in [0.2, 0.25) is 0 Å². The molecule has 3 atom stereocenters. The Morgan fingerprint density at radius 1 is 1.26 bits per heavy atom. The molecule has 0 aromatic heterocycles. The molecule has 19 heavy (non-hydrogen) atoms. The molecule has 0 radical (unpaired) electrons. The molecule has 0 spiro atoms. The van der Waals surface area contributed by atoms with Gasteiger partial charge >= 0.3 is 0 Å². The van der Waals surface area contributed by atoms with E-state index in [4.69, 9.17) is 4.74 Å². The summed E-state index contributed by atoms with van der Waals surface area (Å²) in [5.74, 6) is 1.81. The summed E-state index contributed by atoms with van der Waals surface area (Å²) < 4.78 is 6.08. The van der Waals surface area contributed by atoms with Crippen molar-refractivity contribution >= 4 is 0 Å². The number of aliphatic hydroxyl groups excluding tert-OH is 1. The van der Waals surface area contributed by atoms with Gasteiger partial charge in [0.1, 0.15) is 5.75 Å². The van der Waals surface area contributed by atoms with Gasteiger partial charge < -0.3 is 9.84 Å². The van der Waals surface area contributed by atoms with Crippen molar-refractivity contribution in [2.45, 2.75) is 64.6 Å². The van der Waals surface area contributed by atoms with Crippen molar-refractivity contribution in [2.24, 2.45) is 5.92 Å². The smallest absolute Gasteiger partial charge is 0.119 e. The van der Waals surface area contributed by atoms with Gasteiger partial charge in [0, 0.05) is 0 Å². The minimum absolute atomic E-state index is 0.282. The molecule has 0 saturated heterocycles. The lowest BCUT2D eigenvalue weighted by atomic mass is 9.85. The van der Waals surface area contributed by atoms with Crippen LogP contribution in [0.5, 0.6) is 5.75 Å². The molecule has 0 aliphatic heterocycles. The van der Waals surface area contributed by atoms with Crippen molar-refractivity contribution in [3.63, 3.8) is 0 Å². The van der Waals surface area contributed by atoms with Crippen LogP contribution in [0, 0.1) is 5.92 Å². The second-order valence-corrected chi connectivity index (χ2v) is 5.88. The molecule has 0 amide bonds. The second kappa shape index (κ2) is 6.95. The third-order valence-electron chi connectivity index (χ3n) is 4.07. The van der Waals surface area contributed by atoms with Gasteiger partial charge in [0.25, 0.3) is 0 Å². The molecular weight excluding hydrogens is 236 g/mol. The molecule has 0 bridgehead atoms. The molecule has 1 aromatic rings. The predicted octanol–water partition coefficient (Wildman–Crippen LogP) is 3.96. The summed E-state index contributed by atoms with van der Waals surface area (Å²) in [6, 6.07) is 8.19. The second-order valence-electron chi connectivity index (χ2n) is 5.88. The Balaban J connectivity index is 1.88. The monoisotopic (exact) mass is 262 g/mol. The van der Waals surface area contributed by atoms with Crippen LogP contribution >= 0.6 is 0 Å². The minimum Gasteiger partial charge on any atom is -0.490 e. The molecule has 1 aliphatic rings. The molecule has 2 heteroatoms. The molecule has 1 saturated carbocycles. The predicted molar refractivity (Wildman–Crippen MR) is 78.5 cm³/mol. The number of aliphatic hydroxyl groups is 1. The van der Waals surface area contributed by atoms with Gasteiger partial charge in [-0.3, -0.25) is 0 Å².